The zero-order valence-electron chi connectivity index (χ0n) is 15.2. The van der Waals surface area contributed by atoms with E-state index in [2.05, 4.69) is 36.5 Å². The van der Waals surface area contributed by atoms with Crippen LogP contribution in [0.1, 0.15) is 83.1 Å². The fraction of sp³-hybridized carbons (Fsp3) is 0.667. The summed E-state index contributed by atoms with van der Waals surface area (Å²) in [6, 6.07) is 9.40. The largest absolute Gasteiger partial charge is 0.368 e. The first-order chi connectivity index (χ1) is 11.8. The quantitative estimate of drug-likeness (QED) is 0.291. The molecule has 1 aliphatic rings. The maximum atomic E-state index is 5.61. The smallest absolute Gasteiger partial charge is 0.138 e. The van der Waals surface area contributed by atoms with Crippen LogP contribution in [0.3, 0.4) is 0 Å². The van der Waals surface area contributed by atoms with Crippen molar-refractivity contribution in [3.63, 3.8) is 0 Å². The lowest BCUT2D eigenvalue weighted by molar-refractivity contribution is 0.416. The van der Waals surface area contributed by atoms with Crippen molar-refractivity contribution in [3.05, 3.63) is 29.8 Å². The molecule has 0 atom stereocenters. The van der Waals surface area contributed by atoms with Gasteiger partial charge in [-0.2, -0.15) is 0 Å². The van der Waals surface area contributed by atoms with Crippen molar-refractivity contribution >= 4 is 28.3 Å². The molecule has 0 amide bonds. The van der Waals surface area contributed by atoms with Gasteiger partial charge in [0.25, 0.3) is 0 Å². The van der Waals surface area contributed by atoms with E-state index in [9.17, 15) is 0 Å². The Bertz CT molecular complexity index is 480. The molecule has 0 spiro atoms. The van der Waals surface area contributed by atoms with Crippen molar-refractivity contribution in [3.8, 4) is 0 Å². The number of hydrogen-bond acceptors (Lipinski definition) is 2. The van der Waals surface area contributed by atoms with Crippen LogP contribution in [0.5, 0.6) is 0 Å². The van der Waals surface area contributed by atoms with Crippen LogP contribution < -0.4 is 5.32 Å². The van der Waals surface area contributed by atoms with Gasteiger partial charge in [-0.25, -0.2) is 0 Å². The van der Waals surface area contributed by atoms with Gasteiger partial charge in [-0.05, 0) is 37.3 Å². The Balaban J connectivity index is 1.76. The van der Waals surface area contributed by atoms with Crippen LogP contribution in [0.25, 0.3) is 0 Å². The first kappa shape index (κ1) is 19.8. The van der Waals surface area contributed by atoms with Gasteiger partial charge >= 0.3 is 0 Å². The van der Waals surface area contributed by atoms with Gasteiger partial charge in [-0.3, -0.25) is 0 Å². The highest BCUT2D eigenvalue weighted by molar-refractivity contribution is 8.23. The normalized spacial score (nSPS) is 15.4. The van der Waals surface area contributed by atoms with Crippen molar-refractivity contribution in [1.29, 1.82) is 0 Å². The minimum atomic E-state index is 0.601. The van der Waals surface area contributed by atoms with Crippen molar-refractivity contribution in [2.75, 3.05) is 0 Å². The molecule has 3 heteroatoms. The maximum absolute atomic E-state index is 5.61. The second kappa shape index (κ2) is 11.9. The molecule has 1 aromatic carbocycles. The summed E-state index contributed by atoms with van der Waals surface area (Å²) in [7, 11) is 0. The molecule has 1 fully saturated rings. The molecular formula is C21H33NS2. The van der Waals surface area contributed by atoms with Gasteiger partial charge in [0.05, 0.1) is 0 Å². The molecule has 24 heavy (non-hydrogen) atoms. The number of aryl methyl sites for hydroxylation is 1. The molecule has 134 valence electrons. The van der Waals surface area contributed by atoms with Gasteiger partial charge in [0, 0.05) is 10.9 Å². The Morgan fingerprint density at radius 2 is 1.75 bits per heavy atom. The highest BCUT2D eigenvalue weighted by atomic mass is 32.2. The molecule has 1 aliphatic carbocycles. The number of thioether (sulfide) groups is 1. The monoisotopic (exact) mass is 363 g/mol. The second-order valence-electron chi connectivity index (χ2n) is 6.99. The van der Waals surface area contributed by atoms with Crippen molar-refractivity contribution < 1.29 is 0 Å². The van der Waals surface area contributed by atoms with Crippen LogP contribution in [0.2, 0.25) is 0 Å². The fourth-order valence-corrected chi connectivity index (χ4v) is 4.76. The van der Waals surface area contributed by atoms with E-state index < -0.39 is 0 Å². The van der Waals surface area contributed by atoms with E-state index in [0.717, 1.165) is 4.32 Å². The standard InChI is InChI=1S/C21H33NS2/c1-2-3-4-5-6-8-13-18-14-11-12-17-20(18)24-21(23)22-19-15-9-7-10-16-19/h11-12,14,17,19H,2-10,13,15-16H2,1H3,(H,22,23). The van der Waals surface area contributed by atoms with Crippen molar-refractivity contribution in [2.24, 2.45) is 0 Å². The molecule has 2 rings (SSSR count). The average molecular weight is 364 g/mol. The lowest BCUT2D eigenvalue weighted by atomic mass is 9.96. The summed E-state index contributed by atoms with van der Waals surface area (Å²) in [4.78, 5) is 1.35. The molecule has 0 aliphatic heterocycles. The SMILES string of the molecule is CCCCCCCCc1ccccc1SC(=S)NC1CCCCC1. The van der Waals surface area contributed by atoms with Crippen LogP contribution >= 0.6 is 24.0 Å². The third kappa shape index (κ3) is 7.57. The van der Waals surface area contributed by atoms with Gasteiger partial charge in [0.2, 0.25) is 0 Å². The molecule has 0 unspecified atom stereocenters. The van der Waals surface area contributed by atoms with Crippen molar-refractivity contribution in [1.82, 2.24) is 5.32 Å². The van der Waals surface area contributed by atoms with E-state index in [-0.39, 0.29) is 0 Å². The summed E-state index contributed by atoms with van der Waals surface area (Å²) in [5.41, 5.74) is 1.46. The minimum Gasteiger partial charge on any atom is -0.368 e. The number of nitrogens with one attached hydrogen (secondary N) is 1. The molecule has 1 nitrogen and oxygen atoms in total. The van der Waals surface area contributed by atoms with Gasteiger partial charge in [-0.15, -0.1) is 0 Å². The van der Waals surface area contributed by atoms with Gasteiger partial charge in [0.15, 0.2) is 0 Å². The number of benzene rings is 1. The number of unbranched alkanes of at least 4 members (excludes halogenated alkanes) is 5. The molecule has 0 saturated heterocycles. The van der Waals surface area contributed by atoms with Gasteiger partial charge in [-0.1, -0.05) is 100 Å². The highest BCUT2D eigenvalue weighted by Gasteiger charge is 2.15. The first-order valence-corrected chi connectivity index (χ1v) is 11.1. The van der Waals surface area contributed by atoms with E-state index >= 15 is 0 Å². The summed E-state index contributed by atoms with van der Waals surface area (Å²) in [5.74, 6) is 0. The van der Waals surface area contributed by atoms with E-state index in [1.54, 1.807) is 11.8 Å². The maximum Gasteiger partial charge on any atom is 0.138 e. The van der Waals surface area contributed by atoms with Crippen LogP contribution in [0.15, 0.2) is 29.2 Å². The Hall–Kier alpha value is -0.540. The third-order valence-electron chi connectivity index (χ3n) is 4.90. The van der Waals surface area contributed by atoms with Crippen molar-refractivity contribution in [2.45, 2.75) is 94.9 Å². The lowest BCUT2D eigenvalue weighted by Gasteiger charge is -2.24. The highest BCUT2D eigenvalue weighted by Crippen LogP contribution is 2.26. The van der Waals surface area contributed by atoms with E-state index in [0.29, 0.717) is 6.04 Å². The number of thiocarbonyl (C=S) groups is 1. The predicted molar refractivity (Wildman–Crippen MR) is 112 cm³/mol. The first-order valence-electron chi connectivity index (χ1n) is 9.86. The molecule has 0 radical (unpaired) electrons. The molecular weight excluding hydrogens is 330 g/mol. The minimum absolute atomic E-state index is 0.601. The Labute approximate surface area is 158 Å². The molecule has 0 aromatic heterocycles. The summed E-state index contributed by atoms with van der Waals surface area (Å²) < 4.78 is 0.956. The topological polar surface area (TPSA) is 12.0 Å². The molecule has 1 N–H and O–H groups in total. The van der Waals surface area contributed by atoms with Gasteiger partial charge in [0.1, 0.15) is 4.32 Å². The van der Waals surface area contributed by atoms with E-state index in [1.807, 2.05) is 0 Å². The molecule has 1 aromatic rings. The molecule has 1 saturated carbocycles. The van der Waals surface area contributed by atoms with E-state index in [4.69, 9.17) is 12.2 Å². The lowest BCUT2D eigenvalue weighted by Crippen LogP contribution is -2.33. The second-order valence-corrected chi connectivity index (χ2v) is 8.71. The number of hydrogen-bond donors (Lipinski definition) is 1. The van der Waals surface area contributed by atoms with E-state index in [1.165, 1.54) is 87.5 Å². The zero-order valence-corrected chi connectivity index (χ0v) is 16.8. The number of rotatable bonds is 9. The van der Waals surface area contributed by atoms with Crippen LogP contribution in [-0.4, -0.2) is 10.4 Å². The van der Waals surface area contributed by atoms with Crippen LogP contribution in [-0.2, 0) is 6.42 Å². The zero-order chi connectivity index (χ0) is 17.0. The fourth-order valence-electron chi connectivity index (χ4n) is 3.45. The molecule has 0 heterocycles. The summed E-state index contributed by atoms with van der Waals surface area (Å²) >= 11 is 7.37. The summed E-state index contributed by atoms with van der Waals surface area (Å²) in [6.07, 6.45) is 15.9. The Morgan fingerprint density at radius 1 is 1.04 bits per heavy atom. The average Bonchev–Trinajstić information content (AvgIpc) is 2.60. The van der Waals surface area contributed by atoms with Crippen LogP contribution in [0.4, 0.5) is 0 Å². The Morgan fingerprint density at radius 3 is 2.54 bits per heavy atom. The Kier molecular flexibility index (Phi) is 9.82. The van der Waals surface area contributed by atoms with Crippen LogP contribution in [0, 0.1) is 0 Å². The predicted octanol–water partition coefficient (Wildman–Crippen LogP) is 6.89. The summed E-state index contributed by atoms with van der Waals surface area (Å²) in [5, 5.41) is 3.58. The third-order valence-corrected chi connectivity index (χ3v) is 6.19. The molecule has 0 bridgehead atoms. The van der Waals surface area contributed by atoms with Gasteiger partial charge < -0.3 is 5.32 Å². The summed E-state index contributed by atoms with van der Waals surface area (Å²) in [6.45, 7) is 2.28.